The van der Waals surface area contributed by atoms with E-state index in [1.807, 2.05) is 48.7 Å². The van der Waals surface area contributed by atoms with Gasteiger partial charge in [0.15, 0.2) is 0 Å². The largest absolute Gasteiger partial charge is 0.361 e. The predicted octanol–water partition coefficient (Wildman–Crippen LogP) is 9.07. The standard InChI is InChI=1S/C24H20N2.C8H7N/c1-4-10-20(11-5-1)25-21-16-18-24(19-17-21)26(22-12-6-2-7-13-22)23-14-8-3-9-15-23;1-2-4-8-7(3-1)5-6-9-8/h1-19,25H;1-6,9H. The van der Waals surface area contributed by atoms with Gasteiger partial charge in [0.05, 0.1) is 0 Å². The smallest absolute Gasteiger partial charge is 0.0463 e. The second-order valence-corrected chi connectivity index (χ2v) is 8.11. The molecule has 0 saturated carbocycles. The average Bonchev–Trinajstić information content (AvgIpc) is 3.41. The maximum Gasteiger partial charge on any atom is 0.0463 e. The fourth-order valence-corrected chi connectivity index (χ4v) is 3.98. The van der Waals surface area contributed by atoms with E-state index in [0.717, 1.165) is 28.4 Å². The number of anilines is 5. The van der Waals surface area contributed by atoms with Gasteiger partial charge in [0.1, 0.15) is 0 Å². The first-order valence-corrected chi connectivity index (χ1v) is 11.7. The number of aromatic amines is 1. The van der Waals surface area contributed by atoms with Crippen LogP contribution in [-0.2, 0) is 0 Å². The lowest BCUT2D eigenvalue weighted by Gasteiger charge is -2.25. The summed E-state index contributed by atoms with van der Waals surface area (Å²) in [6.45, 7) is 0. The molecule has 0 fully saturated rings. The van der Waals surface area contributed by atoms with Gasteiger partial charge in [-0.3, -0.25) is 0 Å². The third-order valence-corrected chi connectivity index (χ3v) is 5.68. The first-order valence-electron chi connectivity index (χ1n) is 11.7. The molecule has 1 heterocycles. The minimum Gasteiger partial charge on any atom is -0.361 e. The minimum absolute atomic E-state index is 1.07. The zero-order valence-corrected chi connectivity index (χ0v) is 19.4. The predicted molar refractivity (Wildman–Crippen MR) is 149 cm³/mol. The normalized spacial score (nSPS) is 10.3. The summed E-state index contributed by atoms with van der Waals surface area (Å²) in [6.07, 6.45) is 1.95. The highest BCUT2D eigenvalue weighted by molar-refractivity contribution is 5.79. The molecule has 1 aromatic heterocycles. The quantitative estimate of drug-likeness (QED) is 0.273. The molecule has 0 amide bonds. The Labute approximate surface area is 206 Å². The van der Waals surface area contributed by atoms with Gasteiger partial charge < -0.3 is 15.2 Å². The molecular weight excluding hydrogens is 426 g/mol. The number of H-pyrrole nitrogens is 1. The molecule has 3 nitrogen and oxygen atoms in total. The molecule has 0 radical (unpaired) electrons. The van der Waals surface area contributed by atoms with Crippen LogP contribution in [0, 0.1) is 0 Å². The van der Waals surface area contributed by atoms with Crippen LogP contribution in [0.25, 0.3) is 10.9 Å². The Morgan fingerprint density at radius 2 is 0.914 bits per heavy atom. The molecule has 35 heavy (non-hydrogen) atoms. The van der Waals surface area contributed by atoms with Gasteiger partial charge >= 0.3 is 0 Å². The van der Waals surface area contributed by atoms with E-state index in [0.29, 0.717) is 0 Å². The topological polar surface area (TPSA) is 31.1 Å². The summed E-state index contributed by atoms with van der Waals surface area (Å²) in [6, 6.07) is 49.9. The molecule has 0 aliphatic rings. The van der Waals surface area contributed by atoms with Crippen molar-refractivity contribution >= 4 is 39.3 Å². The van der Waals surface area contributed by atoms with E-state index in [-0.39, 0.29) is 0 Å². The van der Waals surface area contributed by atoms with Crippen molar-refractivity contribution in [3.63, 3.8) is 0 Å². The number of benzene rings is 5. The first-order chi connectivity index (χ1) is 17.4. The fraction of sp³-hybridized carbons (Fsp3) is 0. The molecule has 3 heteroatoms. The lowest BCUT2D eigenvalue weighted by Crippen LogP contribution is -2.09. The molecule has 0 saturated heterocycles. The molecule has 0 aliphatic heterocycles. The van der Waals surface area contributed by atoms with Crippen LogP contribution in [0.5, 0.6) is 0 Å². The van der Waals surface area contributed by atoms with E-state index in [1.165, 1.54) is 10.9 Å². The Kier molecular flexibility index (Phi) is 6.87. The van der Waals surface area contributed by atoms with E-state index in [1.54, 1.807) is 0 Å². The van der Waals surface area contributed by atoms with E-state index in [4.69, 9.17) is 0 Å². The summed E-state index contributed by atoms with van der Waals surface area (Å²) in [5.41, 5.74) is 6.77. The Hall–Kier alpha value is -4.76. The number of rotatable bonds is 5. The number of hydrogen-bond acceptors (Lipinski definition) is 2. The molecule has 0 unspecified atom stereocenters. The van der Waals surface area contributed by atoms with Gasteiger partial charge in [-0.15, -0.1) is 0 Å². The van der Waals surface area contributed by atoms with E-state index < -0.39 is 0 Å². The maximum absolute atomic E-state index is 3.43. The van der Waals surface area contributed by atoms with Crippen molar-refractivity contribution in [3.8, 4) is 0 Å². The van der Waals surface area contributed by atoms with Crippen LogP contribution >= 0.6 is 0 Å². The van der Waals surface area contributed by atoms with Crippen molar-refractivity contribution < 1.29 is 0 Å². The van der Waals surface area contributed by atoms with Crippen LogP contribution in [0.2, 0.25) is 0 Å². The number of nitrogens with one attached hydrogen (secondary N) is 2. The average molecular weight is 454 g/mol. The Bertz CT molecular complexity index is 1370. The van der Waals surface area contributed by atoms with Gasteiger partial charge in [0, 0.05) is 40.2 Å². The van der Waals surface area contributed by atoms with Crippen molar-refractivity contribution in [1.29, 1.82) is 0 Å². The Balaban J connectivity index is 0.000000234. The van der Waals surface area contributed by atoms with Crippen molar-refractivity contribution in [3.05, 3.63) is 152 Å². The van der Waals surface area contributed by atoms with Gasteiger partial charge in [-0.25, -0.2) is 0 Å². The van der Waals surface area contributed by atoms with E-state index in [9.17, 15) is 0 Å². The highest BCUT2D eigenvalue weighted by atomic mass is 15.1. The third kappa shape index (κ3) is 5.60. The molecule has 0 aliphatic carbocycles. The van der Waals surface area contributed by atoms with E-state index in [2.05, 4.69) is 118 Å². The second-order valence-electron chi connectivity index (χ2n) is 8.11. The van der Waals surface area contributed by atoms with Crippen molar-refractivity contribution in [2.75, 3.05) is 10.2 Å². The molecule has 170 valence electrons. The molecular formula is C32H27N3. The van der Waals surface area contributed by atoms with E-state index >= 15 is 0 Å². The summed E-state index contributed by atoms with van der Waals surface area (Å²) < 4.78 is 0. The summed E-state index contributed by atoms with van der Waals surface area (Å²) in [5.74, 6) is 0. The maximum atomic E-state index is 3.43. The van der Waals surface area contributed by atoms with Crippen molar-refractivity contribution in [2.24, 2.45) is 0 Å². The number of nitrogens with zero attached hydrogens (tertiary/aromatic N) is 1. The first kappa shape index (κ1) is 22.1. The molecule has 5 aromatic carbocycles. The van der Waals surface area contributed by atoms with Crippen LogP contribution in [-0.4, -0.2) is 4.98 Å². The minimum atomic E-state index is 1.07. The molecule has 0 atom stereocenters. The fourth-order valence-electron chi connectivity index (χ4n) is 3.98. The molecule has 6 rings (SSSR count). The van der Waals surface area contributed by atoms with Gasteiger partial charge in [-0.2, -0.15) is 0 Å². The summed E-state index contributed by atoms with van der Waals surface area (Å²) >= 11 is 0. The van der Waals surface area contributed by atoms with Crippen LogP contribution in [0.3, 0.4) is 0 Å². The zero-order chi connectivity index (χ0) is 23.7. The lowest BCUT2D eigenvalue weighted by atomic mass is 10.2. The lowest BCUT2D eigenvalue weighted by molar-refractivity contribution is 1.28. The summed E-state index contributed by atoms with van der Waals surface area (Å²) in [5, 5.41) is 4.71. The summed E-state index contributed by atoms with van der Waals surface area (Å²) in [7, 11) is 0. The number of aromatic nitrogens is 1. The summed E-state index contributed by atoms with van der Waals surface area (Å²) in [4.78, 5) is 5.38. The van der Waals surface area contributed by atoms with Crippen LogP contribution in [0.15, 0.2) is 152 Å². The Morgan fingerprint density at radius 3 is 1.51 bits per heavy atom. The van der Waals surface area contributed by atoms with Crippen LogP contribution < -0.4 is 10.2 Å². The third-order valence-electron chi connectivity index (χ3n) is 5.68. The second kappa shape index (κ2) is 10.9. The molecule has 6 aromatic rings. The van der Waals surface area contributed by atoms with Gasteiger partial charge in [-0.1, -0.05) is 72.8 Å². The molecule has 2 N–H and O–H groups in total. The van der Waals surface area contributed by atoms with Gasteiger partial charge in [-0.05, 0) is 78.2 Å². The number of hydrogen-bond donors (Lipinski definition) is 2. The van der Waals surface area contributed by atoms with Crippen molar-refractivity contribution in [2.45, 2.75) is 0 Å². The van der Waals surface area contributed by atoms with Crippen LogP contribution in [0.4, 0.5) is 28.4 Å². The van der Waals surface area contributed by atoms with Gasteiger partial charge in [0.2, 0.25) is 0 Å². The molecule has 0 bridgehead atoms. The Morgan fingerprint density at radius 1 is 0.429 bits per heavy atom. The molecule has 0 spiro atoms. The zero-order valence-electron chi connectivity index (χ0n) is 19.4. The highest BCUT2D eigenvalue weighted by Crippen LogP contribution is 2.34. The number of para-hydroxylation sites is 4. The van der Waals surface area contributed by atoms with Gasteiger partial charge in [0.25, 0.3) is 0 Å². The van der Waals surface area contributed by atoms with Crippen LogP contribution in [0.1, 0.15) is 0 Å². The van der Waals surface area contributed by atoms with Crippen molar-refractivity contribution in [1.82, 2.24) is 4.98 Å². The SMILES string of the molecule is c1ccc(Nc2ccc(N(c3ccccc3)c3ccccc3)cc2)cc1.c1ccc2[nH]ccc2c1. The monoisotopic (exact) mass is 453 g/mol. The number of fused-ring (bicyclic) bond motifs is 1. The highest BCUT2D eigenvalue weighted by Gasteiger charge is 2.11.